The standard InChI is InChI=1S/C32H33N3O5/c1-32(2,3)40-29(36)18-28(30(37)34-21-14-15-27-20(17-21)9-8-16-33-27)35-31(38)39-19-26-24-12-6-4-10-22(24)23-11-5-7-13-25(23)26/h4-17,26,28,30,34,37H,18-19H2,1-3H3,(H,35,38). The van der Waals surface area contributed by atoms with Crippen LogP contribution < -0.4 is 10.6 Å². The van der Waals surface area contributed by atoms with Crippen LogP contribution in [0.15, 0.2) is 85.1 Å². The van der Waals surface area contributed by atoms with Crippen molar-refractivity contribution in [2.24, 2.45) is 0 Å². The Labute approximate surface area is 233 Å². The van der Waals surface area contributed by atoms with Crippen LogP contribution in [0.25, 0.3) is 22.0 Å². The van der Waals surface area contributed by atoms with Crippen LogP contribution >= 0.6 is 0 Å². The molecule has 1 heterocycles. The van der Waals surface area contributed by atoms with Crippen molar-refractivity contribution in [1.29, 1.82) is 0 Å². The number of benzene rings is 3. The van der Waals surface area contributed by atoms with Crippen LogP contribution in [-0.2, 0) is 14.3 Å². The lowest BCUT2D eigenvalue weighted by molar-refractivity contribution is -0.156. The molecule has 8 heteroatoms. The maximum absolute atomic E-state index is 13.0. The van der Waals surface area contributed by atoms with Crippen molar-refractivity contribution in [1.82, 2.24) is 10.3 Å². The third-order valence-corrected chi connectivity index (χ3v) is 6.75. The number of aliphatic hydroxyl groups excluding tert-OH is 1. The number of amides is 1. The van der Waals surface area contributed by atoms with E-state index in [0.717, 1.165) is 33.2 Å². The summed E-state index contributed by atoms with van der Waals surface area (Å²) >= 11 is 0. The lowest BCUT2D eigenvalue weighted by atomic mass is 9.98. The number of pyridine rings is 1. The summed E-state index contributed by atoms with van der Waals surface area (Å²) in [4.78, 5) is 30.0. The first-order valence-electron chi connectivity index (χ1n) is 13.3. The Morgan fingerprint density at radius 3 is 2.30 bits per heavy atom. The van der Waals surface area contributed by atoms with E-state index in [2.05, 4.69) is 27.8 Å². The first-order valence-corrected chi connectivity index (χ1v) is 13.3. The van der Waals surface area contributed by atoms with Crippen molar-refractivity contribution in [3.63, 3.8) is 0 Å². The van der Waals surface area contributed by atoms with Gasteiger partial charge in [0.15, 0.2) is 0 Å². The number of nitrogens with zero attached hydrogens (tertiary/aromatic N) is 1. The van der Waals surface area contributed by atoms with Crippen LogP contribution in [0.5, 0.6) is 0 Å². The van der Waals surface area contributed by atoms with Gasteiger partial charge in [0.1, 0.15) is 18.4 Å². The number of carbonyl (C=O) groups excluding carboxylic acids is 2. The number of nitrogens with one attached hydrogen (secondary N) is 2. The van der Waals surface area contributed by atoms with Crippen LogP contribution in [0.3, 0.4) is 0 Å². The third-order valence-electron chi connectivity index (χ3n) is 6.75. The molecule has 0 bridgehead atoms. The Bertz CT molecular complexity index is 1490. The average molecular weight is 540 g/mol. The van der Waals surface area contributed by atoms with Gasteiger partial charge in [-0.15, -0.1) is 0 Å². The summed E-state index contributed by atoms with van der Waals surface area (Å²) in [6.45, 7) is 5.39. The van der Waals surface area contributed by atoms with E-state index in [0.29, 0.717) is 5.69 Å². The van der Waals surface area contributed by atoms with Crippen LogP contribution in [0.2, 0.25) is 0 Å². The van der Waals surface area contributed by atoms with Gasteiger partial charge in [0.2, 0.25) is 0 Å². The number of alkyl carbamates (subject to hydrolysis) is 1. The zero-order valence-electron chi connectivity index (χ0n) is 22.8. The second-order valence-corrected chi connectivity index (χ2v) is 10.9. The smallest absolute Gasteiger partial charge is 0.407 e. The second-order valence-electron chi connectivity index (χ2n) is 10.9. The third kappa shape index (κ3) is 6.24. The van der Waals surface area contributed by atoms with Gasteiger partial charge < -0.3 is 25.2 Å². The highest BCUT2D eigenvalue weighted by Crippen LogP contribution is 2.44. The van der Waals surface area contributed by atoms with E-state index in [1.165, 1.54) is 0 Å². The van der Waals surface area contributed by atoms with Crippen LogP contribution in [0.4, 0.5) is 10.5 Å². The molecule has 3 aromatic carbocycles. The minimum Gasteiger partial charge on any atom is -0.460 e. The number of hydrogen-bond donors (Lipinski definition) is 3. The van der Waals surface area contributed by atoms with Gasteiger partial charge in [0.05, 0.1) is 18.0 Å². The second kappa shape index (κ2) is 11.4. The Balaban J connectivity index is 1.29. The summed E-state index contributed by atoms with van der Waals surface area (Å²) < 4.78 is 11.1. The SMILES string of the molecule is CC(C)(C)OC(=O)CC(NC(=O)OCC1c2ccccc2-c2ccccc21)C(O)Nc1ccc2ncccc2c1. The fourth-order valence-corrected chi connectivity index (χ4v) is 5.03. The van der Waals surface area contributed by atoms with Crippen LogP contribution in [0, 0.1) is 0 Å². The van der Waals surface area contributed by atoms with Gasteiger partial charge in [0, 0.05) is 23.2 Å². The molecule has 2 atom stereocenters. The maximum atomic E-state index is 13.0. The molecule has 8 nitrogen and oxygen atoms in total. The molecule has 4 aromatic rings. The van der Waals surface area contributed by atoms with E-state index in [1.54, 1.807) is 33.0 Å². The summed E-state index contributed by atoms with van der Waals surface area (Å²) in [6, 6.07) is 24.3. The number of aromatic nitrogens is 1. The maximum Gasteiger partial charge on any atom is 0.407 e. The molecule has 2 unspecified atom stereocenters. The molecule has 5 rings (SSSR count). The molecule has 1 aromatic heterocycles. The van der Waals surface area contributed by atoms with Crippen molar-refractivity contribution in [3.8, 4) is 11.1 Å². The van der Waals surface area contributed by atoms with Gasteiger partial charge in [0.25, 0.3) is 0 Å². The van der Waals surface area contributed by atoms with Gasteiger partial charge in [-0.1, -0.05) is 54.6 Å². The fourth-order valence-electron chi connectivity index (χ4n) is 5.03. The molecule has 0 fully saturated rings. The zero-order chi connectivity index (χ0) is 28.3. The monoisotopic (exact) mass is 539 g/mol. The topological polar surface area (TPSA) is 110 Å². The molecule has 40 heavy (non-hydrogen) atoms. The van der Waals surface area contributed by atoms with Gasteiger partial charge in [-0.25, -0.2) is 4.79 Å². The predicted octanol–water partition coefficient (Wildman–Crippen LogP) is 5.60. The fraction of sp³-hybridized carbons (Fsp3) is 0.281. The highest BCUT2D eigenvalue weighted by molar-refractivity contribution is 5.82. The number of aliphatic hydroxyl groups is 1. The molecule has 3 N–H and O–H groups in total. The molecule has 1 aliphatic rings. The van der Waals surface area contributed by atoms with Crippen molar-refractivity contribution in [3.05, 3.63) is 96.2 Å². The highest BCUT2D eigenvalue weighted by Gasteiger charge is 2.31. The van der Waals surface area contributed by atoms with Gasteiger partial charge in [-0.3, -0.25) is 9.78 Å². The number of esters is 1. The van der Waals surface area contributed by atoms with Gasteiger partial charge >= 0.3 is 12.1 Å². The number of hydrogen-bond acceptors (Lipinski definition) is 7. The van der Waals surface area contributed by atoms with Crippen molar-refractivity contribution in [2.45, 2.75) is 51.0 Å². The normalized spacial score (nSPS) is 14.1. The largest absolute Gasteiger partial charge is 0.460 e. The van der Waals surface area contributed by atoms with E-state index in [4.69, 9.17) is 9.47 Å². The molecule has 1 amide bonds. The van der Waals surface area contributed by atoms with E-state index >= 15 is 0 Å². The minimum atomic E-state index is -1.30. The van der Waals surface area contributed by atoms with E-state index < -0.39 is 29.9 Å². The molecule has 0 radical (unpaired) electrons. The molecule has 0 saturated heterocycles. The molecule has 0 aliphatic heterocycles. The summed E-state index contributed by atoms with van der Waals surface area (Å²) in [5.74, 6) is -0.670. The van der Waals surface area contributed by atoms with Crippen LogP contribution in [0.1, 0.15) is 44.2 Å². The number of fused-ring (bicyclic) bond motifs is 4. The first kappa shape index (κ1) is 27.1. The van der Waals surface area contributed by atoms with Crippen molar-refractivity contribution in [2.75, 3.05) is 11.9 Å². The van der Waals surface area contributed by atoms with E-state index in [1.807, 2.05) is 60.7 Å². The lowest BCUT2D eigenvalue weighted by Gasteiger charge is -2.27. The molecule has 206 valence electrons. The summed E-state index contributed by atoms with van der Waals surface area (Å²) in [5, 5.41) is 17.6. The summed E-state index contributed by atoms with van der Waals surface area (Å²) in [5.41, 5.74) is 5.14. The average Bonchev–Trinajstić information content (AvgIpc) is 3.24. The number of rotatable bonds is 8. The molecule has 1 aliphatic carbocycles. The number of anilines is 1. The zero-order valence-corrected chi connectivity index (χ0v) is 22.8. The predicted molar refractivity (Wildman–Crippen MR) is 154 cm³/mol. The van der Waals surface area contributed by atoms with E-state index in [9.17, 15) is 14.7 Å². The Morgan fingerprint density at radius 1 is 0.950 bits per heavy atom. The summed E-state index contributed by atoms with van der Waals surface area (Å²) in [6.07, 6.45) is -0.592. The minimum absolute atomic E-state index is 0.111. The number of carbonyl (C=O) groups is 2. The Kier molecular flexibility index (Phi) is 7.71. The number of ether oxygens (including phenoxy) is 2. The van der Waals surface area contributed by atoms with Gasteiger partial charge in [-0.05, 0) is 67.3 Å². The highest BCUT2D eigenvalue weighted by atomic mass is 16.6. The quantitative estimate of drug-likeness (QED) is 0.197. The van der Waals surface area contributed by atoms with Gasteiger partial charge in [-0.2, -0.15) is 0 Å². The molecule has 0 spiro atoms. The Morgan fingerprint density at radius 2 is 1.62 bits per heavy atom. The summed E-state index contributed by atoms with van der Waals surface area (Å²) in [7, 11) is 0. The van der Waals surface area contributed by atoms with Crippen LogP contribution in [-0.4, -0.2) is 46.6 Å². The Hall–Kier alpha value is -4.43. The molecular weight excluding hydrogens is 506 g/mol. The van der Waals surface area contributed by atoms with E-state index in [-0.39, 0.29) is 18.9 Å². The lowest BCUT2D eigenvalue weighted by Crippen LogP contribution is -2.49. The van der Waals surface area contributed by atoms with Crippen molar-refractivity contribution < 1.29 is 24.2 Å². The molecular formula is C32H33N3O5. The molecule has 0 saturated carbocycles. The van der Waals surface area contributed by atoms with Crippen molar-refractivity contribution >= 4 is 28.7 Å². The first-order chi connectivity index (χ1) is 19.2.